The highest BCUT2D eigenvalue weighted by atomic mass is 16.5. The molecule has 2 fully saturated rings. The summed E-state index contributed by atoms with van der Waals surface area (Å²) in [7, 11) is 0. The lowest BCUT2D eigenvalue weighted by Crippen LogP contribution is -2.21. The summed E-state index contributed by atoms with van der Waals surface area (Å²) >= 11 is 0. The van der Waals surface area contributed by atoms with Gasteiger partial charge in [0.05, 0.1) is 5.92 Å². The SMILES string of the molecule is C[C@@H]1CC2CCC[C@@H](C2)OC1=O. The van der Waals surface area contributed by atoms with Crippen LogP contribution in [0.1, 0.15) is 39.0 Å². The van der Waals surface area contributed by atoms with Gasteiger partial charge < -0.3 is 4.74 Å². The molecule has 0 aromatic heterocycles. The second-order valence-corrected chi connectivity index (χ2v) is 4.23. The summed E-state index contributed by atoms with van der Waals surface area (Å²) in [5.74, 6) is 0.924. The lowest BCUT2D eigenvalue weighted by molar-refractivity contribution is -0.152. The maximum Gasteiger partial charge on any atom is 0.308 e. The summed E-state index contributed by atoms with van der Waals surface area (Å²) < 4.78 is 5.36. The van der Waals surface area contributed by atoms with Crippen molar-refractivity contribution in [2.75, 3.05) is 0 Å². The van der Waals surface area contributed by atoms with Gasteiger partial charge in [-0.25, -0.2) is 0 Å². The minimum Gasteiger partial charge on any atom is -0.462 e. The fourth-order valence-corrected chi connectivity index (χ4v) is 2.44. The molecular weight excluding hydrogens is 152 g/mol. The monoisotopic (exact) mass is 168 g/mol. The molecule has 2 rings (SSSR count). The van der Waals surface area contributed by atoms with E-state index in [4.69, 9.17) is 4.74 Å². The Bertz CT molecular complexity index is 188. The Labute approximate surface area is 73.3 Å². The highest BCUT2D eigenvalue weighted by Gasteiger charge is 2.32. The third-order valence-corrected chi connectivity index (χ3v) is 3.11. The normalized spacial score (nSPS) is 41.8. The molecule has 12 heavy (non-hydrogen) atoms. The number of esters is 1. The van der Waals surface area contributed by atoms with Gasteiger partial charge in [-0.2, -0.15) is 0 Å². The summed E-state index contributed by atoms with van der Waals surface area (Å²) in [6.07, 6.45) is 6.06. The molecule has 68 valence electrons. The van der Waals surface area contributed by atoms with Crippen molar-refractivity contribution < 1.29 is 9.53 Å². The summed E-state index contributed by atoms with van der Waals surface area (Å²) in [6, 6.07) is 0. The average Bonchev–Trinajstić information content (AvgIpc) is 2.11. The van der Waals surface area contributed by atoms with Crippen LogP contribution in [0.3, 0.4) is 0 Å². The van der Waals surface area contributed by atoms with Crippen molar-refractivity contribution in [3.8, 4) is 0 Å². The Balaban J connectivity index is 2.09. The molecule has 1 aliphatic carbocycles. The van der Waals surface area contributed by atoms with E-state index in [1.165, 1.54) is 12.8 Å². The van der Waals surface area contributed by atoms with Crippen molar-refractivity contribution in [1.29, 1.82) is 0 Å². The number of fused-ring (bicyclic) bond motifs is 2. The highest BCUT2D eigenvalue weighted by molar-refractivity contribution is 5.72. The first-order valence-corrected chi connectivity index (χ1v) is 4.96. The molecule has 0 aromatic carbocycles. The molecule has 3 atom stereocenters. The van der Waals surface area contributed by atoms with Crippen LogP contribution >= 0.6 is 0 Å². The molecule has 2 bridgehead atoms. The number of hydrogen-bond acceptors (Lipinski definition) is 2. The van der Waals surface area contributed by atoms with Crippen molar-refractivity contribution >= 4 is 5.97 Å². The zero-order valence-corrected chi connectivity index (χ0v) is 7.58. The molecule has 1 saturated heterocycles. The molecule has 0 N–H and O–H groups in total. The van der Waals surface area contributed by atoms with Gasteiger partial charge in [0.1, 0.15) is 6.10 Å². The van der Waals surface area contributed by atoms with E-state index in [0.717, 1.165) is 25.2 Å². The largest absolute Gasteiger partial charge is 0.462 e. The second-order valence-electron chi connectivity index (χ2n) is 4.23. The molecule has 0 amide bonds. The van der Waals surface area contributed by atoms with Crippen LogP contribution in [-0.4, -0.2) is 12.1 Å². The molecule has 1 aliphatic heterocycles. The Hall–Kier alpha value is -0.530. The van der Waals surface area contributed by atoms with Crippen molar-refractivity contribution in [1.82, 2.24) is 0 Å². The molecule has 1 unspecified atom stereocenters. The highest BCUT2D eigenvalue weighted by Crippen LogP contribution is 2.34. The zero-order valence-electron chi connectivity index (χ0n) is 7.58. The number of carbonyl (C=O) groups is 1. The quantitative estimate of drug-likeness (QED) is 0.518. The summed E-state index contributed by atoms with van der Waals surface area (Å²) in [5, 5.41) is 0. The van der Waals surface area contributed by atoms with Gasteiger partial charge in [0.2, 0.25) is 0 Å². The fraction of sp³-hybridized carbons (Fsp3) is 0.900. The van der Waals surface area contributed by atoms with E-state index < -0.39 is 0 Å². The van der Waals surface area contributed by atoms with Gasteiger partial charge in [0, 0.05) is 0 Å². The minimum atomic E-state index is 0.0319. The molecule has 2 nitrogen and oxygen atoms in total. The van der Waals surface area contributed by atoms with Crippen molar-refractivity contribution in [3.05, 3.63) is 0 Å². The Morgan fingerprint density at radius 3 is 3.00 bits per heavy atom. The van der Waals surface area contributed by atoms with Gasteiger partial charge in [-0.15, -0.1) is 0 Å². The Morgan fingerprint density at radius 2 is 2.17 bits per heavy atom. The fourth-order valence-electron chi connectivity index (χ4n) is 2.44. The van der Waals surface area contributed by atoms with Crippen LogP contribution in [0, 0.1) is 11.8 Å². The molecule has 2 aliphatic rings. The van der Waals surface area contributed by atoms with Gasteiger partial charge in [-0.3, -0.25) is 4.79 Å². The van der Waals surface area contributed by atoms with Gasteiger partial charge >= 0.3 is 5.97 Å². The van der Waals surface area contributed by atoms with Crippen LogP contribution in [0.5, 0.6) is 0 Å². The maximum absolute atomic E-state index is 11.3. The summed E-state index contributed by atoms with van der Waals surface area (Å²) in [6.45, 7) is 1.99. The molecule has 0 radical (unpaired) electrons. The third-order valence-electron chi connectivity index (χ3n) is 3.11. The van der Waals surface area contributed by atoms with Crippen molar-refractivity contribution in [2.45, 2.75) is 45.1 Å². The van der Waals surface area contributed by atoms with E-state index >= 15 is 0 Å². The number of rotatable bonds is 0. The van der Waals surface area contributed by atoms with Crippen molar-refractivity contribution in [3.63, 3.8) is 0 Å². The Kier molecular flexibility index (Phi) is 2.07. The van der Waals surface area contributed by atoms with Gasteiger partial charge in [-0.1, -0.05) is 13.3 Å². The Morgan fingerprint density at radius 1 is 1.33 bits per heavy atom. The molecule has 2 heteroatoms. The molecule has 1 heterocycles. The number of hydrogen-bond donors (Lipinski definition) is 0. The van der Waals surface area contributed by atoms with E-state index in [0.29, 0.717) is 0 Å². The van der Waals surface area contributed by atoms with E-state index in [1.54, 1.807) is 0 Å². The van der Waals surface area contributed by atoms with Crippen LogP contribution in [0.15, 0.2) is 0 Å². The topological polar surface area (TPSA) is 26.3 Å². The first-order chi connectivity index (χ1) is 5.75. The first-order valence-electron chi connectivity index (χ1n) is 4.96. The second kappa shape index (κ2) is 3.08. The molecular formula is C10H16O2. The number of ether oxygens (including phenoxy) is 1. The van der Waals surface area contributed by atoms with Crippen LogP contribution in [0.2, 0.25) is 0 Å². The van der Waals surface area contributed by atoms with E-state index in [2.05, 4.69) is 0 Å². The summed E-state index contributed by atoms with van der Waals surface area (Å²) in [5.41, 5.74) is 0. The van der Waals surface area contributed by atoms with Crippen molar-refractivity contribution in [2.24, 2.45) is 11.8 Å². The van der Waals surface area contributed by atoms with E-state index in [-0.39, 0.29) is 18.0 Å². The summed E-state index contributed by atoms with van der Waals surface area (Å²) in [4.78, 5) is 11.3. The van der Waals surface area contributed by atoms with Crippen LogP contribution in [0.25, 0.3) is 0 Å². The predicted octanol–water partition coefficient (Wildman–Crippen LogP) is 2.13. The lowest BCUT2D eigenvalue weighted by atomic mass is 9.83. The van der Waals surface area contributed by atoms with Crippen LogP contribution in [-0.2, 0) is 9.53 Å². The third kappa shape index (κ3) is 1.47. The smallest absolute Gasteiger partial charge is 0.308 e. The molecule has 0 spiro atoms. The average molecular weight is 168 g/mol. The van der Waals surface area contributed by atoms with Crippen LogP contribution in [0.4, 0.5) is 0 Å². The zero-order chi connectivity index (χ0) is 8.55. The predicted molar refractivity (Wildman–Crippen MR) is 45.6 cm³/mol. The van der Waals surface area contributed by atoms with E-state index in [9.17, 15) is 4.79 Å². The standard InChI is InChI=1S/C10H16O2/c1-7-5-8-3-2-4-9(6-8)12-10(7)11/h7-9H,2-6H2,1H3/t7-,8?,9+/m1/s1. The van der Waals surface area contributed by atoms with Crippen LogP contribution < -0.4 is 0 Å². The van der Waals surface area contributed by atoms with Gasteiger partial charge in [-0.05, 0) is 31.6 Å². The van der Waals surface area contributed by atoms with Gasteiger partial charge in [0.25, 0.3) is 0 Å². The minimum absolute atomic E-state index is 0.0319. The maximum atomic E-state index is 11.3. The number of carbonyl (C=O) groups excluding carboxylic acids is 1. The molecule has 1 saturated carbocycles. The van der Waals surface area contributed by atoms with Gasteiger partial charge in [0.15, 0.2) is 0 Å². The lowest BCUT2D eigenvalue weighted by Gasteiger charge is -2.24. The first kappa shape index (κ1) is 8.09. The molecule has 0 aromatic rings. The van der Waals surface area contributed by atoms with E-state index in [1.807, 2.05) is 6.92 Å².